The van der Waals surface area contributed by atoms with Crippen molar-refractivity contribution >= 4 is 5.91 Å². The van der Waals surface area contributed by atoms with E-state index in [-0.39, 0.29) is 16.9 Å². The second-order valence-electron chi connectivity index (χ2n) is 7.53. The van der Waals surface area contributed by atoms with E-state index >= 15 is 0 Å². The normalized spacial score (nSPS) is 17.6. The van der Waals surface area contributed by atoms with Gasteiger partial charge in [-0.05, 0) is 43.9 Å². The number of carbonyl (C=O) groups excluding carboxylic acids is 1. The number of pyridine rings is 1. The molecule has 3 aromatic heterocycles. The predicted octanol–water partition coefficient (Wildman–Crippen LogP) is 1.68. The van der Waals surface area contributed by atoms with Crippen LogP contribution in [-0.2, 0) is 11.8 Å². The zero-order chi connectivity index (χ0) is 19.1. The Balaban J connectivity index is 1.44. The van der Waals surface area contributed by atoms with E-state index in [0.29, 0.717) is 24.6 Å². The number of H-pyrrole nitrogens is 2. The van der Waals surface area contributed by atoms with Gasteiger partial charge in [0.05, 0.1) is 5.69 Å². The van der Waals surface area contributed by atoms with Crippen LogP contribution in [0.4, 0.5) is 0 Å². The van der Waals surface area contributed by atoms with Gasteiger partial charge in [0.1, 0.15) is 11.5 Å². The molecular weight excluding hydrogens is 356 g/mol. The van der Waals surface area contributed by atoms with Crippen LogP contribution in [0.5, 0.6) is 0 Å². The molecule has 1 aliphatic heterocycles. The third-order valence-corrected chi connectivity index (χ3v) is 6.05. The molecule has 4 heterocycles. The summed E-state index contributed by atoms with van der Waals surface area (Å²) < 4.78 is 0. The Morgan fingerprint density at radius 3 is 2.71 bits per heavy atom. The molecule has 2 aliphatic rings. The maximum absolute atomic E-state index is 12.7. The van der Waals surface area contributed by atoms with Gasteiger partial charge in [-0.2, -0.15) is 5.10 Å². The lowest BCUT2D eigenvalue weighted by atomic mass is 9.76. The zero-order valence-corrected chi connectivity index (χ0v) is 15.3. The van der Waals surface area contributed by atoms with Gasteiger partial charge in [-0.3, -0.25) is 19.7 Å². The SMILES string of the molecule is O=C(c1ccn[nH]1)N1CCC2(CCc3c2nc(-c2cccnc2)[nH]c3=O)CC1. The van der Waals surface area contributed by atoms with Crippen LogP contribution in [0, 0.1) is 0 Å². The van der Waals surface area contributed by atoms with Crippen molar-refractivity contribution in [2.24, 2.45) is 0 Å². The molecule has 0 aromatic carbocycles. The molecule has 1 spiro atoms. The van der Waals surface area contributed by atoms with Crippen LogP contribution in [0.3, 0.4) is 0 Å². The maximum atomic E-state index is 12.7. The van der Waals surface area contributed by atoms with Crippen LogP contribution < -0.4 is 5.56 Å². The maximum Gasteiger partial charge on any atom is 0.271 e. The van der Waals surface area contributed by atoms with E-state index < -0.39 is 0 Å². The first-order chi connectivity index (χ1) is 13.7. The van der Waals surface area contributed by atoms with Crippen LogP contribution in [-0.4, -0.2) is 49.0 Å². The van der Waals surface area contributed by atoms with Crippen LogP contribution in [0.15, 0.2) is 41.6 Å². The van der Waals surface area contributed by atoms with Crippen molar-refractivity contribution in [1.82, 2.24) is 30.0 Å². The first kappa shape index (κ1) is 16.9. The number of aromatic nitrogens is 5. The highest BCUT2D eigenvalue weighted by Crippen LogP contribution is 2.44. The monoisotopic (exact) mass is 376 g/mol. The molecule has 1 aliphatic carbocycles. The molecule has 3 aromatic rings. The smallest absolute Gasteiger partial charge is 0.271 e. The number of hydrogen-bond donors (Lipinski definition) is 2. The van der Waals surface area contributed by atoms with E-state index in [9.17, 15) is 9.59 Å². The minimum atomic E-state index is -0.134. The van der Waals surface area contributed by atoms with Gasteiger partial charge in [0.15, 0.2) is 0 Å². The fourth-order valence-corrected chi connectivity index (χ4v) is 4.46. The molecule has 0 radical (unpaired) electrons. The van der Waals surface area contributed by atoms with Gasteiger partial charge < -0.3 is 9.88 Å². The van der Waals surface area contributed by atoms with E-state index in [1.807, 2.05) is 17.0 Å². The summed E-state index contributed by atoms with van der Waals surface area (Å²) in [6.07, 6.45) is 8.25. The van der Waals surface area contributed by atoms with Crippen molar-refractivity contribution in [1.29, 1.82) is 0 Å². The minimum absolute atomic E-state index is 0.0273. The van der Waals surface area contributed by atoms with Crippen LogP contribution in [0.25, 0.3) is 11.4 Å². The summed E-state index contributed by atoms with van der Waals surface area (Å²) >= 11 is 0. The van der Waals surface area contributed by atoms with Crippen molar-refractivity contribution < 1.29 is 4.79 Å². The second kappa shape index (κ2) is 6.40. The van der Waals surface area contributed by atoms with Gasteiger partial charge in [-0.1, -0.05) is 0 Å². The molecule has 8 heteroatoms. The van der Waals surface area contributed by atoms with Gasteiger partial charge >= 0.3 is 0 Å². The molecule has 142 valence electrons. The van der Waals surface area contributed by atoms with E-state index in [4.69, 9.17) is 4.98 Å². The third kappa shape index (κ3) is 2.64. The van der Waals surface area contributed by atoms with E-state index in [1.165, 1.54) is 0 Å². The number of piperidine rings is 1. The Kier molecular flexibility index (Phi) is 3.85. The molecule has 8 nitrogen and oxygen atoms in total. The topological polar surface area (TPSA) is 108 Å². The van der Waals surface area contributed by atoms with Crippen molar-refractivity contribution in [2.75, 3.05) is 13.1 Å². The molecule has 28 heavy (non-hydrogen) atoms. The Labute approximate surface area is 161 Å². The molecule has 1 fully saturated rings. The average molecular weight is 376 g/mol. The highest BCUT2D eigenvalue weighted by atomic mass is 16.2. The number of nitrogens with zero attached hydrogens (tertiary/aromatic N) is 4. The largest absolute Gasteiger partial charge is 0.337 e. The summed E-state index contributed by atoms with van der Waals surface area (Å²) in [4.78, 5) is 39.0. The number of likely N-dealkylation sites (tertiary alicyclic amines) is 1. The average Bonchev–Trinajstić information content (AvgIpc) is 3.38. The number of nitrogens with one attached hydrogen (secondary N) is 2. The van der Waals surface area contributed by atoms with Crippen molar-refractivity contribution in [3.8, 4) is 11.4 Å². The van der Waals surface area contributed by atoms with Gasteiger partial charge in [0.2, 0.25) is 0 Å². The summed E-state index contributed by atoms with van der Waals surface area (Å²) in [5.74, 6) is 0.537. The molecule has 2 N–H and O–H groups in total. The standard InChI is InChI=1S/C20H20N6O2/c27-18-14-3-5-20(16(14)23-17(24-18)13-2-1-8-21-12-13)6-10-26(11-7-20)19(28)15-4-9-22-25-15/h1-2,4,8-9,12H,3,5-7,10-11H2,(H,22,25)(H,23,24,27). The summed E-state index contributed by atoms with van der Waals surface area (Å²) in [6.45, 7) is 1.29. The fourth-order valence-electron chi connectivity index (χ4n) is 4.46. The highest BCUT2D eigenvalue weighted by Gasteiger charge is 2.44. The van der Waals surface area contributed by atoms with Crippen LogP contribution in [0.1, 0.15) is 41.0 Å². The first-order valence-electron chi connectivity index (χ1n) is 9.49. The highest BCUT2D eigenvalue weighted by molar-refractivity contribution is 5.92. The number of carbonyl (C=O) groups is 1. The molecule has 0 bridgehead atoms. The summed E-state index contributed by atoms with van der Waals surface area (Å²) in [5, 5.41) is 6.60. The lowest BCUT2D eigenvalue weighted by Crippen LogP contribution is -2.45. The van der Waals surface area contributed by atoms with Crippen molar-refractivity contribution in [3.63, 3.8) is 0 Å². The second-order valence-corrected chi connectivity index (χ2v) is 7.53. The number of hydrogen-bond acceptors (Lipinski definition) is 5. The summed E-state index contributed by atoms with van der Waals surface area (Å²) in [7, 11) is 0. The lowest BCUT2D eigenvalue weighted by molar-refractivity contribution is 0.0657. The third-order valence-electron chi connectivity index (χ3n) is 6.05. The summed E-state index contributed by atoms with van der Waals surface area (Å²) in [6, 6.07) is 5.42. The van der Waals surface area contributed by atoms with E-state index in [1.54, 1.807) is 24.7 Å². The fraction of sp³-hybridized carbons (Fsp3) is 0.350. The lowest BCUT2D eigenvalue weighted by Gasteiger charge is -2.39. The Morgan fingerprint density at radius 2 is 2.00 bits per heavy atom. The molecule has 0 atom stereocenters. The van der Waals surface area contributed by atoms with Crippen molar-refractivity contribution in [2.45, 2.75) is 31.1 Å². The molecule has 1 amide bonds. The van der Waals surface area contributed by atoms with Gasteiger partial charge in [-0.15, -0.1) is 0 Å². The molecule has 0 saturated carbocycles. The number of rotatable bonds is 2. The van der Waals surface area contributed by atoms with Crippen molar-refractivity contribution in [3.05, 3.63) is 64.1 Å². The molecule has 0 unspecified atom stereocenters. The molecule has 5 rings (SSSR count). The number of amides is 1. The number of fused-ring (bicyclic) bond motifs is 2. The first-order valence-corrected chi connectivity index (χ1v) is 9.49. The summed E-state index contributed by atoms with van der Waals surface area (Å²) in [5.41, 5.74) is 2.82. The van der Waals surface area contributed by atoms with E-state index in [0.717, 1.165) is 42.5 Å². The van der Waals surface area contributed by atoms with E-state index in [2.05, 4.69) is 20.2 Å². The van der Waals surface area contributed by atoms with Crippen LogP contribution >= 0.6 is 0 Å². The Bertz CT molecular complexity index is 1070. The minimum Gasteiger partial charge on any atom is -0.337 e. The Morgan fingerprint density at radius 1 is 1.14 bits per heavy atom. The van der Waals surface area contributed by atoms with Gasteiger partial charge in [0, 0.05) is 48.2 Å². The molecule has 1 saturated heterocycles. The number of aromatic amines is 2. The quantitative estimate of drug-likeness (QED) is 0.707. The van der Waals surface area contributed by atoms with Crippen LogP contribution in [0.2, 0.25) is 0 Å². The molecular formula is C20H20N6O2. The zero-order valence-electron chi connectivity index (χ0n) is 15.3. The Hall–Kier alpha value is -3.29. The predicted molar refractivity (Wildman–Crippen MR) is 102 cm³/mol. The van der Waals surface area contributed by atoms with Gasteiger partial charge in [-0.25, -0.2) is 4.98 Å². The van der Waals surface area contributed by atoms with Gasteiger partial charge in [0.25, 0.3) is 11.5 Å².